The minimum absolute atomic E-state index is 0.189. The van der Waals surface area contributed by atoms with E-state index in [9.17, 15) is 4.39 Å². The van der Waals surface area contributed by atoms with Crippen molar-refractivity contribution in [2.45, 2.75) is 6.42 Å². The van der Waals surface area contributed by atoms with Crippen LogP contribution in [0.5, 0.6) is 0 Å². The predicted octanol–water partition coefficient (Wildman–Crippen LogP) is 4.62. The highest BCUT2D eigenvalue weighted by molar-refractivity contribution is 6.31. The zero-order valence-corrected chi connectivity index (χ0v) is 12.3. The first-order valence-corrected chi connectivity index (χ1v) is 7.09. The average Bonchev–Trinajstić information content (AvgIpc) is 2.98. The van der Waals surface area contributed by atoms with E-state index in [1.54, 1.807) is 18.2 Å². The van der Waals surface area contributed by atoms with Crippen LogP contribution in [0.4, 0.5) is 4.39 Å². The van der Waals surface area contributed by atoms with Gasteiger partial charge in [0.25, 0.3) is 5.89 Å². The summed E-state index contributed by atoms with van der Waals surface area (Å²) in [4.78, 5) is 4.21. The van der Waals surface area contributed by atoms with Gasteiger partial charge in [-0.05, 0) is 23.8 Å². The van der Waals surface area contributed by atoms with Crippen LogP contribution >= 0.6 is 11.6 Å². The van der Waals surface area contributed by atoms with E-state index in [1.165, 1.54) is 6.07 Å². The Balaban J connectivity index is 1.76. The van der Waals surface area contributed by atoms with E-state index in [2.05, 4.69) is 10.1 Å². The Kier molecular flexibility index (Phi) is 4.30. The van der Waals surface area contributed by atoms with Crippen LogP contribution < -0.4 is 0 Å². The lowest BCUT2D eigenvalue weighted by molar-refractivity contribution is 0.404. The molecule has 0 amide bonds. The smallest absolute Gasteiger partial charge is 0.250 e. The lowest BCUT2D eigenvalue weighted by Crippen LogP contribution is -1.95. The van der Waals surface area contributed by atoms with Gasteiger partial charge in [0.1, 0.15) is 5.82 Å². The molecule has 22 heavy (non-hydrogen) atoms. The van der Waals surface area contributed by atoms with Gasteiger partial charge in [-0.25, -0.2) is 4.39 Å². The van der Waals surface area contributed by atoms with Crippen molar-refractivity contribution in [3.63, 3.8) is 0 Å². The second-order valence-corrected chi connectivity index (χ2v) is 5.08. The van der Waals surface area contributed by atoms with Crippen LogP contribution in [0.15, 0.2) is 53.1 Å². The Hall–Kier alpha value is -2.46. The van der Waals surface area contributed by atoms with Crippen LogP contribution in [0.3, 0.4) is 0 Å². The summed E-state index contributed by atoms with van der Waals surface area (Å²) in [5.41, 5.74) is 1.39. The van der Waals surface area contributed by atoms with Crippen LogP contribution in [-0.4, -0.2) is 10.1 Å². The van der Waals surface area contributed by atoms with Gasteiger partial charge in [-0.2, -0.15) is 4.98 Å². The molecule has 110 valence electrons. The Labute approximate surface area is 132 Å². The second-order valence-electron chi connectivity index (χ2n) is 4.67. The fraction of sp³-hybridized carbons (Fsp3) is 0.0588. The molecule has 0 aliphatic heterocycles. The first-order chi connectivity index (χ1) is 10.7. The van der Waals surface area contributed by atoms with Crippen molar-refractivity contribution in [3.8, 4) is 0 Å². The molecule has 5 heteroatoms. The molecule has 1 aromatic heterocycles. The van der Waals surface area contributed by atoms with E-state index in [1.807, 2.05) is 36.4 Å². The molecule has 0 atom stereocenters. The molecule has 0 spiro atoms. The molecular formula is C17H12ClFN2O. The Morgan fingerprint density at radius 1 is 1.05 bits per heavy atom. The summed E-state index contributed by atoms with van der Waals surface area (Å²) < 4.78 is 18.9. The number of hydrogen-bond acceptors (Lipinski definition) is 3. The third-order valence-electron chi connectivity index (χ3n) is 3.10. The van der Waals surface area contributed by atoms with E-state index in [0.29, 0.717) is 22.3 Å². The molecule has 0 aliphatic carbocycles. The second kappa shape index (κ2) is 6.54. The standard InChI is InChI=1S/C17H12ClFN2O/c18-14-7-4-8-15(19)13(14)11-16-20-17(22-21-16)10-9-12-5-2-1-3-6-12/h1-10H,11H2/b10-9+. The van der Waals surface area contributed by atoms with Gasteiger partial charge >= 0.3 is 0 Å². The van der Waals surface area contributed by atoms with E-state index < -0.39 is 0 Å². The van der Waals surface area contributed by atoms with Crippen LogP contribution in [0.2, 0.25) is 5.02 Å². The first kappa shape index (κ1) is 14.5. The minimum Gasteiger partial charge on any atom is -0.335 e. The molecule has 0 saturated carbocycles. The summed E-state index contributed by atoms with van der Waals surface area (Å²) in [6, 6.07) is 14.3. The number of rotatable bonds is 4. The van der Waals surface area contributed by atoms with Crippen molar-refractivity contribution in [1.82, 2.24) is 10.1 Å². The quantitative estimate of drug-likeness (QED) is 0.705. The molecule has 3 nitrogen and oxygen atoms in total. The van der Waals surface area contributed by atoms with E-state index in [4.69, 9.17) is 16.1 Å². The highest BCUT2D eigenvalue weighted by atomic mass is 35.5. The number of aromatic nitrogens is 2. The topological polar surface area (TPSA) is 38.9 Å². The number of halogens is 2. The normalized spacial score (nSPS) is 11.2. The van der Waals surface area contributed by atoms with Crippen molar-refractivity contribution < 1.29 is 8.91 Å². The number of hydrogen-bond donors (Lipinski definition) is 0. The molecule has 0 unspecified atom stereocenters. The summed E-state index contributed by atoms with van der Waals surface area (Å²) in [5.74, 6) is 0.379. The molecule has 3 aromatic rings. The van der Waals surface area contributed by atoms with Gasteiger partial charge in [0.2, 0.25) is 0 Å². The molecule has 0 N–H and O–H groups in total. The lowest BCUT2D eigenvalue weighted by Gasteiger charge is -2.01. The van der Waals surface area contributed by atoms with Crippen molar-refractivity contribution in [1.29, 1.82) is 0 Å². The van der Waals surface area contributed by atoms with Crippen LogP contribution in [0, 0.1) is 5.82 Å². The molecule has 2 aromatic carbocycles. The molecule has 0 saturated heterocycles. The van der Waals surface area contributed by atoms with Crippen LogP contribution in [0.25, 0.3) is 12.2 Å². The number of benzene rings is 2. The fourth-order valence-corrected chi connectivity index (χ4v) is 2.23. The Morgan fingerprint density at radius 2 is 1.86 bits per heavy atom. The van der Waals surface area contributed by atoms with E-state index >= 15 is 0 Å². The van der Waals surface area contributed by atoms with Crippen molar-refractivity contribution in [2.75, 3.05) is 0 Å². The molecule has 3 rings (SSSR count). The van der Waals surface area contributed by atoms with Gasteiger partial charge in [-0.15, -0.1) is 0 Å². The summed E-state index contributed by atoms with van der Waals surface area (Å²) in [6.07, 6.45) is 3.77. The zero-order valence-electron chi connectivity index (χ0n) is 11.5. The summed E-state index contributed by atoms with van der Waals surface area (Å²) in [7, 11) is 0. The van der Waals surface area contributed by atoms with Gasteiger partial charge in [0.05, 0.1) is 0 Å². The molecule has 0 radical (unpaired) electrons. The minimum atomic E-state index is -0.376. The maximum atomic E-state index is 13.7. The summed E-state index contributed by atoms with van der Waals surface area (Å²) >= 11 is 5.99. The van der Waals surface area contributed by atoms with Crippen molar-refractivity contribution in [2.24, 2.45) is 0 Å². The lowest BCUT2D eigenvalue weighted by atomic mass is 10.1. The van der Waals surface area contributed by atoms with Gasteiger partial charge in [-0.1, -0.05) is 53.2 Å². The van der Waals surface area contributed by atoms with Gasteiger partial charge in [-0.3, -0.25) is 0 Å². The highest BCUT2D eigenvalue weighted by Gasteiger charge is 2.11. The third kappa shape index (κ3) is 3.40. The molecule has 0 bridgehead atoms. The predicted molar refractivity (Wildman–Crippen MR) is 83.9 cm³/mol. The SMILES string of the molecule is Fc1cccc(Cl)c1Cc1noc(/C=C/c2ccccc2)n1. The Bertz CT molecular complexity index is 779. The zero-order chi connectivity index (χ0) is 15.4. The molecular weight excluding hydrogens is 303 g/mol. The van der Waals surface area contributed by atoms with Gasteiger partial charge in [0.15, 0.2) is 5.82 Å². The molecule has 0 fully saturated rings. The van der Waals surface area contributed by atoms with E-state index in [-0.39, 0.29) is 12.2 Å². The summed E-state index contributed by atoms with van der Waals surface area (Å²) in [6.45, 7) is 0. The van der Waals surface area contributed by atoms with Crippen LogP contribution in [-0.2, 0) is 6.42 Å². The highest BCUT2D eigenvalue weighted by Crippen LogP contribution is 2.21. The van der Waals surface area contributed by atoms with Crippen LogP contribution in [0.1, 0.15) is 22.8 Å². The fourth-order valence-electron chi connectivity index (χ4n) is 2.00. The largest absolute Gasteiger partial charge is 0.335 e. The number of nitrogens with zero attached hydrogens (tertiary/aromatic N) is 2. The van der Waals surface area contributed by atoms with Crippen molar-refractivity contribution >= 4 is 23.8 Å². The molecule has 0 aliphatic rings. The third-order valence-corrected chi connectivity index (χ3v) is 3.45. The Morgan fingerprint density at radius 3 is 2.64 bits per heavy atom. The maximum absolute atomic E-state index is 13.7. The maximum Gasteiger partial charge on any atom is 0.250 e. The summed E-state index contributed by atoms with van der Waals surface area (Å²) in [5, 5.41) is 4.20. The van der Waals surface area contributed by atoms with Crippen molar-refractivity contribution in [3.05, 3.63) is 82.2 Å². The first-order valence-electron chi connectivity index (χ1n) is 6.71. The molecule has 1 heterocycles. The van der Waals surface area contributed by atoms with Gasteiger partial charge < -0.3 is 4.52 Å². The average molecular weight is 315 g/mol. The monoisotopic (exact) mass is 314 g/mol. The van der Waals surface area contributed by atoms with Gasteiger partial charge in [0, 0.05) is 23.1 Å². The van der Waals surface area contributed by atoms with E-state index in [0.717, 1.165) is 5.56 Å².